The number of carboxylic acids is 1. The van der Waals surface area contributed by atoms with Crippen LogP contribution < -0.4 is 5.56 Å². The van der Waals surface area contributed by atoms with E-state index in [-0.39, 0.29) is 23.6 Å². The fourth-order valence-electron chi connectivity index (χ4n) is 3.55. The molecule has 2 aliphatic heterocycles. The van der Waals surface area contributed by atoms with Crippen molar-refractivity contribution >= 4 is 11.9 Å². The lowest BCUT2D eigenvalue weighted by molar-refractivity contribution is -0.192. The molecule has 1 aromatic rings. The molecule has 0 spiro atoms. The van der Waals surface area contributed by atoms with Crippen LogP contribution >= 0.6 is 0 Å². The summed E-state index contributed by atoms with van der Waals surface area (Å²) in [6, 6.07) is 4.99. The number of carbonyl (C=O) groups excluding carboxylic acids is 1. The van der Waals surface area contributed by atoms with Gasteiger partial charge in [-0.25, -0.2) is 4.79 Å². The highest BCUT2D eigenvalue weighted by atomic mass is 19.4. The monoisotopic (exact) mass is 449 g/mol. The first kappa shape index (κ1) is 24.8. The van der Waals surface area contributed by atoms with Gasteiger partial charge in [-0.3, -0.25) is 14.5 Å². The number of ether oxygens (including phenoxy) is 2. The number of nitrogens with zero attached hydrogens (tertiary/aromatic N) is 3. The molecular formula is C19H26F3N3O6. The molecule has 3 rings (SSSR count). The Bertz CT molecular complexity index is 829. The highest BCUT2D eigenvalue weighted by Gasteiger charge is 2.39. The number of carbonyl (C=O) groups is 2. The van der Waals surface area contributed by atoms with E-state index >= 15 is 0 Å². The number of aliphatic carboxylic acids is 1. The first-order valence-electron chi connectivity index (χ1n) is 9.66. The number of halogens is 3. The van der Waals surface area contributed by atoms with Crippen LogP contribution in [0.15, 0.2) is 23.0 Å². The van der Waals surface area contributed by atoms with Gasteiger partial charge in [-0.05, 0) is 12.5 Å². The van der Waals surface area contributed by atoms with Crippen molar-refractivity contribution in [3.63, 3.8) is 0 Å². The lowest BCUT2D eigenvalue weighted by atomic mass is 9.98. The van der Waals surface area contributed by atoms with E-state index in [9.17, 15) is 22.8 Å². The highest BCUT2D eigenvalue weighted by molar-refractivity contribution is 5.92. The minimum atomic E-state index is -5.08. The van der Waals surface area contributed by atoms with Crippen molar-refractivity contribution in [2.24, 2.45) is 7.05 Å². The summed E-state index contributed by atoms with van der Waals surface area (Å²) in [6.45, 7) is 4.37. The fraction of sp³-hybridized carbons (Fsp3) is 0.632. The Morgan fingerprint density at radius 2 is 1.97 bits per heavy atom. The van der Waals surface area contributed by atoms with Gasteiger partial charge in [0.05, 0.1) is 25.4 Å². The topological polar surface area (TPSA) is 101 Å². The zero-order valence-corrected chi connectivity index (χ0v) is 17.3. The SMILES string of the molecule is COCCN1CCO[C@H]2CCN(C(=O)c3cccc(=O)n3C)C[C@@H]21.O=C(O)C(F)(F)F. The van der Waals surface area contributed by atoms with Crippen molar-refractivity contribution in [2.45, 2.75) is 24.7 Å². The third kappa shape index (κ3) is 6.52. The Kier molecular flexibility index (Phi) is 8.60. The maximum absolute atomic E-state index is 12.9. The summed E-state index contributed by atoms with van der Waals surface area (Å²) in [5, 5.41) is 7.12. The normalized spacial score (nSPS) is 21.6. The molecule has 1 amide bonds. The number of rotatable bonds is 4. The van der Waals surface area contributed by atoms with E-state index in [2.05, 4.69) is 4.90 Å². The van der Waals surface area contributed by atoms with Gasteiger partial charge in [0, 0.05) is 46.4 Å². The second kappa shape index (κ2) is 10.7. The first-order valence-corrected chi connectivity index (χ1v) is 9.66. The third-order valence-corrected chi connectivity index (χ3v) is 5.22. The van der Waals surface area contributed by atoms with Gasteiger partial charge < -0.3 is 24.0 Å². The minimum absolute atomic E-state index is 0.0917. The molecule has 0 unspecified atom stereocenters. The predicted molar refractivity (Wildman–Crippen MR) is 103 cm³/mol. The molecule has 0 radical (unpaired) electrons. The number of likely N-dealkylation sites (tertiary alicyclic amines) is 1. The quantitative estimate of drug-likeness (QED) is 0.718. The largest absolute Gasteiger partial charge is 0.490 e. The molecule has 9 nitrogen and oxygen atoms in total. The fourth-order valence-corrected chi connectivity index (χ4v) is 3.55. The van der Waals surface area contributed by atoms with Crippen LogP contribution in [-0.4, -0.2) is 96.2 Å². The summed E-state index contributed by atoms with van der Waals surface area (Å²) in [6.07, 6.45) is -4.10. The van der Waals surface area contributed by atoms with Crippen molar-refractivity contribution in [1.29, 1.82) is 0 Å². The van der Waals surface area contributed by atoms with E-state index < -0.39 is 12.1 Å². The van der Waals surface area contributed by atoms with Crippen LogP contribution in [0.1, 0.15) is 16.9 Å². The van der Waals surface area contributed by atoms with Crippen LogP contribution in [0.25, 0.3) is 0 Å². The molecule has 174 valence electrons. The molecule has 1 aromatic heterocycles. The molecule has 2 atom stereocenters. The number of carboxylic acid groups (broad SMARTS) is 1. The Hall–Kier alpha value is -2.44. The summed E-state index contributed by atoms with van der Waals surface area (Å²) >= 11 is 0. The number of amides is 1. The molecule has 2 aliphatic rings. The summed E-state index contributed by atoms with van der Waals surface area (Å²) < 4.78 is 44.2. The number of alkyl halides is 3. The maximum Gasteiger partial charge on any atom is 0.490 e. The molecule has 12 heteroatoms. The lowest BCUT2D eigenvalue weighted by Crippen LogP contribution is -2.61. The van der Waals surface area contributed by atoms with Gasteiger partial charge in [0.2, 0.25) is 0 Å². The van der Waals surface area contributed by atoms with Crippen LogP contribution in [0, 0.1) is 0 Å². The second-order valence-electron chi connectivity index (χ2n) is 7.16. The van der Waals surface area contributed by atoms with E-state index in [1.165, 1.54) is 10.6 Å². The van der Waals surface area contributed by atoms with E-state index in [1.807, 2.05) is 4.90 Å². The van der Waals surface area contributed by atoms with Crippen LogP contribution in [0.5, 0.6) is 0 Å². The number of hydrogen-bond donors (Lipinski definition) is 1. The number of morpholine rings is 1. The number of aromatic nitrogens is 1. The summed E-state index contributed by atoms with van der Waals surface area (Å²) in [5.74, 6) is -2.85. The van der Waals surface area contributed by atoms with Gasteiger partial charge in [-0.1, -0.05) is 6.07 Å². The molecule has 1 N–H and O–H groups in total. The molecule has 0 saturated carbocycles. The smallest absolute Gasteiger partial charge is 0.475 e. The van der Waals surface area contributed by atoms with Gasteiger partial charge >= 0.3 is 12.1 Å². The molecule has 0 aromatic carbocycles. The minimum Gasteiger partial charge on any atom is -0.475 e. The number of fused-ring (bicyclic) bond motifs is 1. The summed E-state index contributed by atoms with van der Waals surface area (Å²) in [5.41, 5.74) is 0.263. The standard InChI is InChI=1S/C17H25N3O4.C2HF3O2/c1-18-13(4-3-5-16(18)21)17(22)20-7-6-15-14(12-20)19(8-10-23-2)9-11-24-15;3-2(4,5)1(6)7/h3-5,14-15H,6-12H2,1-2H3;(H,6,7)/t14-,15-;/m0./s1. The molecule has 0 bridgehead atoms. The highest BCUT2D eigenvalue weighted by Crippen LogP contribution is 2.24. The average molecular weight is 449 g/mol. The molecule has 2 fully saturated rings. The Morgan fingerprint density at radius 3 is 2.58 bits per heavy atom. The Labute approximate surface area is 176 Å². The van der Waals surface area contributed by atoms with Crippen molar-refractivity contribution in [3.8, 4) is 0 Å². The van der Waals surface area contributed by atoms with Crippen molar-refractivity contribution in [3.05, 3.63) is 34.2 Å². The number of pyridine rings is 1. The lowest BCUT2D eigenvalue weighted by Gasteiger charge is -2.47. The van der Waals surface area contributed by atoms with Crippen LogP contribution in [0.2, 0.25) is 0 Å². The van der Waals surface area contributed by atoms with Gasteiger partial charge in [-0.15, -0.1) is 0 Å². The summed E-state index contributed by atoms with van der Waals surface area (Å²) in [7, 11) is 3.33. The van der Waals surface area contributed by atoms with Crippen LogP contribution in [0.3, 0.4) is 0 Å². The third-order valence-electron chi connectivity index (χ3n) is 5.22. The van der Waals surface area contributed by atoms with Crippen molar-refractivity contribution in [2.75, 3.05) is 46.5 Å². The van der Waals surface area contributed by atoms with Gasteiger partial charge in [-0.2, -0.15) is 13.2 Å². The zero-order valence-electron chi connectivity index (χ0n) is 17.3. The van der Waals surface area contributed by atoms with E-state index in [4.69, 9.17) is 19.4 Å². The molecule has 2 saturated heterocycles. The van der Waals surface area contributed by atoms with E-state index in [1.54, 1.807) is 26.3 Å². The second-order valence-corrected chi connectivity index (χ2v) is 7.16. The predicted octanol–water partition coefficient (Wildman–Crippen LogP) is 0.580. The Morgan fingerprint density at radius 1 is 1.29 bits per heavy atom. The van der Waals surface area contributed by atoms with E-state index in [0.29, 0.717) is 25.4 Å². The van der Waals surface area contributed by atoms with Gasteiger partial charge in [0.25, 0.3) is 11.5 Å². The van der Waals surface area contributed by atoms with Crippen LogP contribution in [0.4, 0.5) is 13.2 Å². The molecule has 31 heavy (non-hydrogen) atoms. The molecule has 3 heterocycles. The van der Waals surface area contributed by atoms with Crippen molar-refractivity contribution in [1.82, 2.24) is 14.4 Å². The number of piperidine rings is 1. The zero-order chi connectivity index (χ0) is 23.2. The van der Waals surface area contributed by atoms with Gasteiger partial charge in [0.15, 0.2) is 0 Å². The van der Waals surface area contributed by atoms with E-state index in [0.717, 1.165) is 26.1 Å². The van der Waals surface area contributed by atoms with Crippen LogP contribution in [-0.2, 0) is 21.3 Å². The molecular weight excluding hydrogens is 423 g/mol. The molecule has 0 aliphatic carbocycles. The summed E-state index contributed by atoms with van der Waals surface area (Å²) in [4.78, 5) is 37.7. The number of hydrogen-bond acceptors (Lipinski definition) is 6. The number of methoxy groups -OCH3 is 1. The Balaban J connectivity index is 0.000000423. The maximum atomic E-state index is 12.9. The van der Waals surface area contributed by atoms with Gasteiger partial charge in [0.1, 0.15) is 5.69 Å². The van der Waals surface area contributed by atoms with Crippen molar-refractivity contribution < 1.29 is 37.3 Å². The first-order chi connectivity index (χ1) is 14.6. The average Bonchev–Trinajstić information content (AvgIpc) is 2.73.